The molecule has 1 amide bonds. The molecule has 0 unspecified atom stereocenters. The molecule has 2 aliphatic rings. The first kappa shape index (κ1) is 22.9. The zero-order chi connectivity index (χ0) is 21.9. The van der Waals surface area contributed by atoms with Crippen LogP contribution in [0, 0.1) is 11.3 Å². The van der Waals surface area contributed by atoms with E-state index in [1.54, 1.807) is 6.08 Å². The minimum atomic E-state index is -0.828. The molecule has 0 atom stereocenters. The number of carbonyl (C=O) groups excluding carboxylic acids is 2. The van der Waals surface area contributed by atoms with E-state index in [4.69, 9.17) is 4.74 Å². The van der Waals surface area contributed by atoms with Crippen molar-refractivity contribution in [2.75, 3.05) is 24.6 Å². The minimum absolute atomic E-state index is 0.375. The highest BCUT2D eigenvalue weighted by Gasteiger charge is 2.32. The van der Waals surface area contributed by atoms with Gasteiger partial charge >= 0.3 is 5.97 Å². The molecular formula is C25H33N3O3. The van der Waals surface area contributed by atoms with Crippen LogP contribution in [0.25, 0.3) is 6.08 Å². The van der Waals surface area contributed by atoms with E-state index in [-0.39, 0.29) is 6.61 Å². The average molecular weight is 424 g/mol. The molecule has 1 aliphatic heterocycles. The van der Waals surface area contributed by atoms with E-state index in [1.165, 1.54) is 37.4 Å². The molecule has 2 fully saturated rings. The predicted molar refractivity (Wildman–Crippen MR) is 121 cm³/mol. The Labute approximate surface area is 185 Å². The molecule has 6 heteroatoms. The average Bonchev–Trinajstić information content (AvgIpc) is 3.20. The van der Waals surface area contributed by atoms with Crippen molar-refractivity contribution >= 4 is 23.6 Å². The van der Waals surface area contributed by atoms with Gasteiger partial charge in [0.1, 0.15) is 5.54 Å². The normalized spacial score (nSPS) is 19.1. The maximum absolute atomic E-state index is 12.2. The lowest BCUT2D eigenvalue weighted by Crippen LogP contribution is -2.48. The molecule has 1 aromatic carbocycles. The van der Waals surface area contributed by atoms with Crippen LogP contribution in [0.2, 0.25) is 0 Å². The number of rotatable bonds is 6. The van der Waals surface area contributed by atoms with Gasteiger partial charge in [0, 0.05) is 24.9 Å². The van der Waals surface area contributed by atoms with Gasteiger partial charge in [-0.25, -0.2) is 4.79 Å². The number of nitriles is 1. The number of nitrogens with one attached hydrogen (secondary N) is 1. The molecular weight excluding hydrogens is 390 g/mol. The van der Waals surface area contributed by atoms with Crippen molar-refractivity contribution in [1.82, 2.24) is 5.32 Å². The zero-order valence-corrected chi connectivity index (χ0v) is 18.3. The number of hydrogen-bond acceptors (Lipinski definition) is 5. The first-order valence-corrected chi connectivity index (χ1v) is 11.5. The summed E-state index contributed by atoms with van der Waals surface area (Å²) in [6, 6.07) is 10.4. The van der Waals surface area contributed by atoms with Crippen LogP contribution in [0.1, 0.15) is 69.8 Å². The van der Waals surface area contributed by atoms with Crippen LogP contribution < -0.4 is 10.2 Å². The van der Waals surface area contributed by atoms with Crippen LogP contribution in [0.3, 0.4) is 0 Å². The topological polar surface area (TPSA) is 82.4 Å². The third kappa shape index (κ3) is 7.13. The lowest BCUT2D eigenvalue weighted by atomic mass is 9.92. The second-order valence-corrected chi connectivity index (χ2v) is 8.59. The summed E-state index contributed by atoms with van der Waals surface area (Å²) in [4.78, 5) is 26.6. The third-order valence-electron chi connectivity index (χ3n) is 6.17. The predicted octanol–water partition coefficient (Wildman–Crippen LogP) is 4.36. The fraction of sp³-hybridized carbons (Fsp3) is 0.560. The zero-order valence-electron chi connectivity index (χ0n) is 18.3. The lowest BCUT2D eigenvalue weighted by molar-refractivity contribution is -0.144. The molecule has 1 saturated heterocycles. The SMILES string of the molecule is N#CC1(NC(=O)COC(=O)C=Cc2ccc(N3CCCCCC3)cc2)CCCCCC1. The first-order valence-electron chi connectivity index (χ1n) is 11.5. The minimum Gasteiger partial charge on any atom is -0.452 e. The molecule has 3 rings (SSSR count). The van der Waals surface area contributed by atoms with Crippen molar-refractivity contribution in [2.24, 2.45) is 0 Å². The molecule has 0 radical (unpaired) electrons. The highest BCUT2D eigenvalue weighted by atomic mass is 16.5. The third-order valence-corrected chi connectivity index (χ3v) is 6.17. The van der Waals surface area contributed by atoms with Crippen molar-refractivity contribution in [3.63, 3.8) is 0 Å². The molecule has 0 spiro atoms. The van der Waals surface area contributed by atoms with Crippen LogP contribution in [0.15, 0.2) is 30.3 Å². The van der Waals surface area contributed by atoms with Gasteiger partial charge in [-0.3, -0.25) is 4.79 Å². The Bertz CT molecular complexity index is 794. The fourth-order valence-electron chi connectivity index (χ4n) is 4.37. The Morgan fingerprint density at radius 2 is 1.61 bits per heavy atom. The number of carbonyl (C=O) groups is 2. The van der Waals surface area contributed by atoms with Gasteiger partial charge in [-0.15, -0.1) is 0 Å². The second-order valence-electron chi connectivity index (χ2n) is 8.59. The molecule has 0 aromatic heterocycles. The van der Waals surface area contributed by atoms with Crippen molar-refractivity contribution in [3.8, 4) is 6.07 Å². The van der Waals surface area contributed by atoms with E-state index in [2.05, 4.69) is 28.4 Å². The summed E-state index contributed by atoms with van der Waals surface area (Å²) >= 11 is 0. The summed E-state index contributed by atoms with van der Waals surface area (Å²) in [7, 11) is 0. The fourth-order valence-corrected chi connectivity index (χ4v) is 4.37. The van der Waals surface area contributed by atoms with Gasteiger partial charge < -0.3 is 15.0 Å². The summed E-state index contributed by atoms with van der Waals surface area (Å²) < 4.78 is 5.07. The van der Waals surface area contributed by atoms with Crippen LogP contribution in [-0.2, 0) is 14.3 Å². The number of anilines is 1. The van der Waals surface area contributed by atoms with E-state index < -0.39 is 17.4 Å². The number of hydrogen-bond donors (Lipinski definition) is 1. The number of nitrogens with zero attached hydrogens (tertiary/aromatic N) is 2. The molecule has 1 aromatic rings. The Hall–Kier alpha value is -2.81. The summed E-state index contributed by atoms with van der Waals surface area (Å²) in [6.45, 7) is 1.81. The van der Waals surface area contributed by atoms with Crippen LogP contribution in [0.5, 0.6) is 0 Å². The second kappa shape index (κ2) is 11.5. The highest BCUT2D eigenvalue weighted by molar-refractivity contribution is 5.89. The molecule has 0 bridgehead atoms. The standard InChI is InChI=1S/C25H33N3O3/c26-20-25(15-5-1-2-6-16-25)27-23(29)19-31-24(30)14-11-21-9-12-22(13-10-21)28-17-7-3-4-8-18-28/h9-14H,1-8,15-19H2,(H,27,29). The first-order chi connectivity index (χ1) is 15.1. The molecule has 166 valence electrons. The molecule has 1 N–H and O–H groups in total. The van der Waals surface area contributed by atoms with E-state index in [0.717, 1.165) is 44.3 Å². The van der Waals surface area contributed by atoms with Gasteiger partial charge in [-0.2, -0.15) is 5.26 Å². The summed E-state index contributed by atoms with van der Waals surface area (Å²) in [5.74, 6) is -0.995. The molecule has 6 nitrogen and oxygen atoms in total. The van der Waals surface area contributed by atoms with Gasteiger partial charge in [-0.1, -0.05) is 50.7 Å². The number of benzene rings is 1. The van der Waals surface area contributed by atoms with Crippen LogP contribution >= 0.6 is 0 Å². The summed E-state index contributed by atoms with van der Waals surface area (Å²) in [5.41, 5.74) is 1.29. The van der Waals surface area contributed by atoms with Crippen molar-refractivity contribution in [3.05, 3.63) is 35.9 Å². The largest absolute Gasteiger partial charge is 0.452 e. The Morgan fingerprint density at radius 3 is 2.23 bits per heavy atom. The smallest absolute Gasteiger partial charge is 0.331 e. The van der Waals surface area contributed by atoms with E-state index in [1.807, 2.05) is 12.1 Å². The lowest BCUT2D eigenvalue weighted by Gasteiger charge is -2.26. The van der Waals surface area contributed by atoms with E-state index in [0.29, 0.717) is 12.8 Å². The summed E-state index contributed by atoms with van der Waals surface area (Å²) in [5, 5.41) is 12.3. The van der Waals surface area contributed by atoms with Crippen molar-refractivity contribution in [2.45, 2.75) is 69.7 Å². The van der Waals surface area contributed by atoms with Crippen molar-refractivity contribution < 1.29 is 14.3 Å². The van der Waals surface area contributed by atoms with Crippen molar-refractivity contribution in [1.29, 1.82) is 5.26 Å². The maximum atomic E-state index is 12.2. The van der Waals surface area contributed by atoms with Gasteiger partial charge in [-0.05, 0) is 49.5 Å². The Balaban J connectivity index is 1.45. The number of ether oxygens (including phenoxy) is 1. The maximum Gasteiger partial charge on any atom is 0.331 e. The van der Waals surface area contributed by atoms with Crippen LogP contribution in [-0.4, -0.2) is 37.1 Å². The Kier molecular flexibility index (Phi) is 8.52. The molecule has 1 aliphatic carbocycles. The molecule has 1 saturated carbocycles. The Morgan fingerprint density at radius 1 is 1.00 bits per heavy atom. The van der Waals surface area contributed by atoms with Gasteiger partial charge in [0.2, 0.25) is 0 Å². The van der Waals surface area contributed by atoms with Gasteiger partial charge in [0.05, 0.1) is 6.07 Å². The monoisotopic (exact) mass is 423 g/mol. The van der Waals surface area contributed by atoms with E-state index in [9.17, 15) is 14.9 Å². The van der Waals surface area contributed by atoms with E-state index >= 15 is 0 Å². The summed E-state index contributed by atoms with van der Waals surface area (Å²) in [6.07, 6.45) is 13.4. The van der Waals surface area contributed by atoms with Crippen LogP contribution in [0.4, 0.5) is 5.69 Å². The number of esters is 1. The highest BCUT2D eigenvalue weighted by Crippen LogP contribution is 2.26. The van der Waals surface area contributed by atoms with Gasteiger partial charge in [0.15, 0.2) is 6.61 Å². The number of amides is 1. The quantitative estimate of drug-likeness (QED) is 0.418. The molecule has 1 heterocycles. The van der Waals surface area contributed by atoms with Gasteiger partial charge in [0.25, 0.3) is 5.91 Å². The molecule has 31 heavy (non-hydrogen) atoms.